The van der Waals surface area contributed by atoms with Crippen molar-refractivity contribution in [1.82, 2.24) is 5.32 Å². The lowest BCUT2D eigenvalue weighted by Crippen LogP contribution is -2.48. The molecule has 1 N–H and O–H groups in total. The third-order valence-corrected chi connectivity index (χ3v) is 5.45. The first-order chi connectivity index (χ1) is 8.39. The van der Waals surface area contributed by atoms with Crippen molar-refractivity contribution in [3.05, 3.63) is 0 Å². The van der Waals surface area contributed by atoms with Gasteiger partial charge in [-0.05, 0) is 19.8 Å². The zero-order valence-corrected chi connectivity index (χ0v) is 12.4. The molecule has 2 saturated heterocycles. The number of hydrogen-bond donors (Lipinski definition) is 1. The minimum Gasteiger partial charge on any atom is -0.381 e. The highest BCUT2D eigenvalue weighted by Gasteiger charge is 2.38. The fourth-order valence-corrected chi connectivity index (χ4v) is 4.55. The summed E-state index contributed by atoms with van der Waals surface area (Å²) < 4.78 is 27.8. The summed E-state index contributed by atoms with van der Waals surface area (Å²) in [5, 5.41) is 4.34. The molecular weight excluding hydrogens is 272 g/mol. The Kier molecular flexibility index (Phi) is 4.23. The number of nitrogens with one attached hydrogen (secondary N) is 1. The molecule has 5 nitrogen and oxygen atoms in total. The van der Waals surface area contributed by atoms with Gasteiger partial charge in [-0.2, -0.15) is 0 Å². The molecule has 0 aromatic carbocycles. The molecule has 2 aliphatic rings. The van der Waals surface area contributed by atoms with Crippen LogP contribution in [0.4, 0.5) is 0 Å². The molecule has 0 radical (unpaired) electrons. The van der Waals surface area contributed by atoms with Crippen LogP contribution >= 0.6 is 11.8 Å². The van der Waals surface area contributed by atoms with E-state index in [2.05, 4.69) is 10.3 Å². The van der Waals surface area contributed by atoms with E-state index in [1.165, 1.54) is 6.26 Å². The molecule has 1 atom stereocenters. The molecule has 2 heterocycles. The van der Waals surface area contributed by atoms with Gasteiger partial charge in [0.2, 0.25) is 0 Å². The Bertz CT molecular complexity index is 428. The lowest BCUT2D eigenvalue weighted by molar-refractivity contribution is 0.0555. The van der Waals surface area contributed by atoms with Crippen molar-refractivity contribution in [2.45, 2.75) is 31.3 Å². The van der Waals surface area contributed by atoms with Gasteiger partial charge in [0, 0.05) is 25.2 Å². The lowest BCUT2D eigenvalue weighted by atomic mass is 9.93. The third kappa shape index (κ3) is 3.86. The minimum atomic E-state index is -2.96. The number of nitrogens with zero attached hydrogens (tertiary/aromatic N) is 1. The molecule has 0 aromatic rings. The average Bonchev–Trinajstić information content (AvgIpc) is 2.59. The Morgan fingerprint density at radius 1 is 1.50 bits per heavy atom. The summed E-state index contributed by atoms with van der Waals surface area (Å²) in [6.45, 7) is 3.42. The SMILES string of the molecule is CC(CS(C)(=O)=O)N=C1NC2(CCOCC2)CS1. The molecule has 0 amide bonds. The van der Waals surface area contributed by atoms with Crippen LogP contribution in [0, 0.1) is 0 Å². The van der Waals surface area contributed by atoms with Gasteiger partial charge < -0.3 is 10.1 Å². The third-order valence-electron chi connectivity index (χ3n) is 3.19. The van der Waals surface area contributed by atoms with Crippen molar-refractivity contribution in [3.8, 4) is 0 Å². The van der Waals surface area contributed by atoms with E-state index in [0.717, 1.165) is 37.0 Å². The molecule has 18 heavy (non-hydrogen) atoms. The Morgan fingerprint density at radius 2 is 2.17 bits per heavy atom. The molecule has 7 heteroatoms. The van der Waals surface area contributed by atoms with E-state index in [9.17, 15) is 8.42 Å². The summed E-state index contributed by atoms with van der Waals surface area (Å²) in [4.78, 5) is 4.46. The maximum atomic E-state index is 11.2. The van der Waals surface area contributed by atoms with Crippen LogP contribution in [0.5, 0.6) is 0 Å². The molecule has 2 rings (SSSR count). The lowest BCUT2D eigenvalue weighted by Gasteiger charge is -2.32. The summed E-state index contributed by atoms with van der Waals surface area (Å²) in [6.07, 6.45) is 3.25. The van der Waals surface area contributed by atoms with Crippen LogP contribution in [0.15, 0.2) is 4.99 Å². The first-order valence-electron chi connectivity index (χ1n) is 6.13. The summed E-state index contributed by atoms with van der Waals surface area (Å²) in [6, 6.07) is -0.190. The first-order valence-corrected chi connectivity index (χ1v) is 9.17. The molecule has 2 aliphatic heterocycles. The summed E-state index contributed by atoms with van der Waals surface area (Å²) in [5.41, 5.74) is 0.118. The fraction of sp³-hybridized carbons (Fsp3) is 0.909. The highest BCUT2D eigenvalue weighted by molar-refractivity contribution is 8.14. The number of aliphatic imine (C=N–C) groups is 1. The summed E-state index contributed by atoms with van der Waals surface area (Å²) in [5.74, 6) is 1.11. The second kappa shape index (κ2) is 5.38. The Balaban J connectivity index is 1.95. The van der Waals surface area contributed by atoms with Gasteiger partial charge in [-0.25, -0.2) is 8.42 Å². The topological polar surface area (TPSA) is 67.8 Å². The Labute approximate surface area is 113 Å². The quantitative estimate of drug-likeness (QED) is 0.828. The normalized spacial score (nSPS) is 27.3. The fourth-order valence-electron chi connectivity index (χ4n) is 2.28. The van der Waals surface area contributed by atoms with Gasteiger partial charge in [0.25, 0.3) is 0 Å². The number of rotatable bonds is 3. The zero-order valence-electron chi connectivity index (χ0n) is 10.8. The molecule has 0 saturated carbocycles. The molecule has 0 bridgehead atoms. The van der Waals surface area contributed by atoms with Crippen molar-refractivity contribution < 1.29 is 13.2 Å². The van der Waals surface area contributed by atoms with Crippen LogP contribution in [-0.4, -0.2) is 56.1 Å². The van der Waals surface area contributed by atoms with Gasteiger partial charge in [0.1, 0.15) is 9.84 Å². The van der Waals surface area contributed by atoms with Gasteiger partial charge >= 0.3 is 0 Å². The van der Waals surface area contributed by atoms with Crippen LogP contribution in [0.2, 0.25) is 0 Å². The van der Waals surface area contributed by atoms with Gasteiger partial charge in [-0.15, -0.1) is 0 Å². The van der Waals surface area contributed by atoms with Gasteiger partial charge in [-0.1, -0.05) is 11.8 Å². The van der Waals surface area contributed by atoms with E-state index in [4.69, 9.17) is 4.74 Å². The van der Waals surface area contributed by atoms with Crippen LogP contribution < -0.4 is 5.32 Å². The minimum absolute atomic E-state index is 0.106. The summed E-state index contributed by atoms with van der Waals surface area (Å²) in [7, 11) is -2.96. The highest BCUT2D eigenvalue weighted by Crippen LogP contribution is 2.31. The second-order valence-electron chi connectivity index (χ2n) is 5.18. The second-order valence-corrected chi connectivity index (χ2v) is 8.33. The molecule has 1 spiro atoms. The van der Waals surface area contributed by atoms with Crippen molar-refractivity contribution >= 4 is 26.8 Å². The van der Waals surface area contributed by atoms with Crippen molar-refractivity contribution in [1.29, 1.82) is 0 Å². The molecule has 0 aliphatic carbocycles. The molecule has 0 aromatic heterocycles. The van der Waals surface area contributed by atoms with Crippen LogP contribution in [0.25, 0.3) is 0 Å². The van der Waals surface area contributed by atoms with E-state index < -0.39 is 9.84 Å². The highest BCUT2D eigenvalue weighted by atomic mass is 32.2. The van der Waals surface area contributed by atoms with Gasteiger partial charge in [-0.3, -0.25) is 4.99 Å². The van der Waals surface area contributed by atoms with E-state index in [0.29, 0.717) is 0 Å². The predicted molar refractivity (Wildman–Crippen MR) is 75.0 cm³/mol. The van der Waals surface area contributed by atoms with Crippen molar-refractivity contribution in [2.24, 2.45) is 4.99 Å². The number of ether oxygens (including phenoxy) is 1. The van der Waals surface area contributed by atoms with E-state index in [1.807, 2.05) is 6.92 Å². The number of hydrogen-bond acceptors (Lipinski definition) is 5. The standard InChI is InChI=1S/C11H20N2O3S2/c1-9(7-18(2,14)15)12-10-13-11(8-17-10)3-5-16-6-4-11/h9H,3-8H2,1-2H3,(H,12,13). The largest absolute Gasteiger partial charge is 0.381 e. The number of thioether (sulfide) groups is 1. The summed E-state index contributed by atoms with van der Waals surface area (Å²) >= 11 is 1.69. The first kappa shape index (κ1) is 14.1. The number of amidine groups is 1. The van der Waals surface area contributed by atoms with E-state index in [-0.39, 0.29) is 17.3 Å². The van der Waals surface area contributed by atoms with Crippen molar-refractivity contribution in [2.75, 3.05) is 31.0 Å². The smallest absolute Gasteiger partial charge is 0.157 e. The predicted octanol–water partition coefficient (Wildman–Crippen LogP) is 0.661. The van der Waals surface area contributed by atoms with Gasteiger partial charge in [0.05, 0.1) is 17.3 Å². The Hall–Kier alpha value is -0.270. The monoisotopic (exact) mass is 292 g/mol. The maximum Gasteiger partial charge on any atom is 0.157 e. The van der Waals surface area contributed by atoms with E-state index >= 15 is 0 Å². The zero-order chi connectivity index (χ0) is 13.2. The van der Waals surface area contributed by atoms with Crippen LogP contribution in [-0.2, 0) is 14.6 Å². The molecule has 2 fully saturated rings. The Morgan fingerprint density at radius 3 is 2.78 bits per heavy atom. The molecular formula is C11H20N2O3S2. The van der Waals surface area contributed by atoms with Crippen LogP contribution in [0.3, 0.4) is 0 Å². The van der Waals surface area contributed by atoms with Crippen molar-refractivity contribution in [3.63, 3.8) is 0 Å². The average molecular weight is 292 g/mol. The molecule has 1 unspecified atom stereocenters. The van der Waals surface area contributed by atoms with Gasteiger partial charge in [0.15, 0.2) is 5.17 Å². The van der Waals surface area contributed by atoms with E-state index in [1.54, 1.807) is 11.8 Å². The number of sulfone groups is 1. The maximum absolute atomic E-state index is 11.2. The molecule has 104 valence electrons. The van der Waals surface area contributed by atoms with Crippen LogP contribution in [0.1, 0.15) is 19.8 Å².